The van der Waals surface area contributed by atoms with Gasteiger partial charge in [-0.1, -0.05) is 6.42 Å². The molecule has 4 heteroatoms. The van der Waals surface area contributed by atoms with E-state index in [1.807, 2.05) is 4.90 Å². The molecule has 0 spiro atoms. The Hall–Kier alpha value is -0.280. The molecule has 0 unspecified atom stereocenters. The molecule has 2 fully saturated rings. The quantitative estimate of drug-likeness (QED) is 0.703. The molecular weight excluding hydrogens is 224 g/mol. The average Bonchev–Trinajstić information content (AvgIpc) is 2.66. The number of amides is 1. The van der Waals surface area contributed by atoms with Crippen molar-refractivity contribution in [2.45, 2.75) is 37.5 Å². The van der Waals surface area contributed by atoms with Gasteiger partial charge in [0.1, 0.15) is 0 Å². The van der Waals surface area contributed by atoms with Crippen LogP contribution < -0.4 is 0 Å². The number of rotatable bonds is 4. The van der Waals surface area contributed by atoms with Crippen LogP contribution in [0.25, 0.3) is 0 Å². The van der Waals surface area contributed by atoms with Crippen LogP contribution in [0, 0.1) is 0 Å². The summed E-state index contributed by atoms with van der Waals surface area (Å²) in [7, 11) is 0. The van der Waals surface area contributed by atoms with Gasteiger partial charge in [-0.25, -0.2) is 0 Å². The Morgan fingerprint density at radius 1 is 1.06 bits per heavy atom. The van der Waals surface area contributed by atoms with Crippen molar-refractivity contribution in [2.24, 2.45) is 0 Å². The van der Waals surface area contributed by atoms with E-state index < -0.39 is 0 Å². The summed E-state index contributed by atoms with van der Waals surface area (Å²) in [6, 6.07) is 0. The molecular formula is C12H21ClN2O. The van der Waals surface area contributed by atoms with Crippen molar-refractivity contribution in [3.05, 3.63) is 0 Å². The fourth-order valence-corrected chi connectivity index (χ4v) is 2.98. The van der Waals surface area contributed by atoms with Gasteiger partial charge in [0.2, 0.25) is 5.91 Å². The van der Waals surface area contributed by atoms with Crippen LogP contribution in [0.5, 0.6) is 0 Å². The second kappa shape index (κ2) is 5.87. The zero-order chi connectivity index (χ0) is 11.4. The minimum absolute atomic E-state index is 0.0974. The van der Waals surface area contributed by atoms with Crippen LogP contribution in [0.2, 0.25) is 0 Å². The van der Waals surface area contributed by atoms with Crippen molar-refractivity contribution in [3.63, 3.8) is 0 Å². The number of nitrogens with zero attached hydrogens (tertiary/aromatic N) is 2. The summed E-state index contributed by atoms with van der Waals surface area (Å²) < 4.78 is 0. The highest BCUT2D eigenvalue weighted by atomic mass is 35.5. The largest absolute Gasteiger partial charge is 0.341 e. The highest BCUT2D eigenvalue weighted by Gasteiger charge is 2.23. The van der Waals surface area contributed by atoms with Crippen LogP contribution in [0.15, 0.2) is 0 Å². The second-order valence-corrected chi connectivity index (χ2v) is 5.52. The molecule has 2 heterocycles. The van der Waals surface area contributed by atoms with Gasteiger partial charge in [0.15, 0.2) is 0 Å². The molecule has 0 aromatic rings. The molecule has 2 aliphatic heterocycles. The first-order valence-corrected chi connectivity index (χ1v) is 6.83. The molecule has 92 valence electrons. The maximum atomic E-state index is 11.5. The van der Waals surface area contributed by atoms with Crippen LogP contribution in [0.3, 0.4) is 0 Å². The number of carbonyl (C=O) groups is 1. The van der Waals surface area contributed by atoms with Crippen LogP contribution in [-0.4, -0.2) is 53.8 Å². The van der Waals surface area contributed by atoms with Crippen LogP contribution in [0.4, 0.5) is 0 Å². The molecule has 2 rings (SSSR count). The molecule has 3 nitrogen and oxygen atoms in total. The average molecular weight is 245 g/mol. The molecule has 1 amide bonds. The molecule has 0 N–H and O–H groups in total. The minimum Gasteiger partial charge on any atom is -0.341 e. The summed E-state index contributed by atoms with van der Waals surface area (Å²) in [5, 5.41) is 0.0974. The maximum Gasteiger partial charge on any atom is 0.222 e. The van der Waals surface area contributed by atoms with Crippen LogP contribution in [-0.2, 0) is 4.79 Å². The van der Waals surface area contributed by atoms with E-state index in [2.05, 4.69) is 4.90 Å². The minimum atomic E-state index is 0.0974. The Kier molecular flexibility index (Phi) is 4.47. The molecule has 0 saturated carbocycles. The summed E-state index contributed by atoms with van der Waals surface area (Å²) in [5.74, 6) is 0.282. The molecule has 0 radical (unpaired) electrons. The molecule has 2 aliphatic rings. The standard InChI is InChI=1S/C12H21ClN2O/c13-11(9-14-6-2-1-3-7-14)10-15-8-4-5-12(15)16/h11H,1-10H2/t11-/m1/s1. The topological polar surface area (TPSA) is 23.6 Å². The second-order valence-electron chi connectivity index (χ2n) is 4.90. The van der Waals surface area contributed by atoms with Crippen molar-refractivity contribution in [2.75, 3.05) is 32.7 Å². The van der Waals surface area contributed by atoms with E-state index in [9.17, 15) is 4.79 Å². The van der Waals surface area contributed by atoms with E-state index in [4.69, 9.17) is 11.6 Å². The number of halogens is 1. The van der Waals surface area contributed by atoms with Crippen LogP contribution in [0.1, 0.15) is 32.1 Å². The van der Waals surface area contributed by atoms with Gasteiger partial charge in [-0.3, -0.25) is 4.79 Å². The normalized spacial score (nSPS) is 25.1. The number of piperidine rings is 1. The molecule has 0 aliphatic carbocycles. The summed E-state index contributed by atoms with van der Waals surface area (Å²) in [6.45, 7) is 4.93. The number of hydrogen-bond acceptors (Lipinski definition) is 2. The van der Waals surface area contributed by atoms with E-state index in [-0.39, 0.29) is 11.3 Å². The van der Waals surface area contributed by atoms with E-state index in [0.717, 1.165) is 26.1 Å². The Morgan fingerprint density at radius 2 is 1.81 bits per heavy atom. The highest BCUT2D eigenvalue weighted by molar-refractivity contribution is 6.21. The van der Waals surface area contributed by atoms with Gasteiger partial charge in [-0.2, -0.15) is 0 Å². The molecule has 0 aromatic carbocycles. The van der Waals surface area contributed by atoms with Crippen molar-refractivity contribution in [3.8, 4) is 0 Å². The predicted molar refractivity (Wildman–Crippen MR) is 65.7 cm³/mol. The number of carbonyl (C=O) groups excluding carboxylic acids is 1. The first-order chi connectivity index (χ1) is 7.75. The fraction of sp³-hybridized carbons (Fsp3) is 0.917. The first kappa shape index (κ1) is 12.2. The molecule has 0 aromatic heterocycles. The van der Waals surface area contributed by atoms with Crippen LogP contribution >= 0.6 is 11.6 Å². The lowest BCUT2D eigenvalue weighted by Gasteiger charge is -2.29. The predicted octanol–water partition coefficient (Wildman–Crippen LogP) is 1.70. The van der Waals surface area contributed by atoms with Gasteiger partial charge in [0.05, 0.1) is 5.38 Å². The van der Waals surface area contributed by atoms with E-state index in [0.29, 0.717) is 6.42 Å². The Bertz CT molecular complexity index is 241. The van der Waals surface area contributed by atoms with Crippen molar-refractivity contribution < 1.29 is 4.79 Å². The van der Waals surface area contributed by atoms with Crippen molar-refractivity contribution in [1.82, 2.24) is 9.80 Å². The number of likely N-dealkylation sites (tertiary alicyclic amines) is 2. The lowest BCUT2D eigenvalue weighted by atomic mass is 10.1. The molecule has 0 bridgehead atoms. The van der Waals surface area contributed by atoms with Gasteiger partial charge < -0.3 is 9.80 Å². The smallest absolute Gasteiger partial charge is 0.222 e. The van der Waals surface area contributed by atoms with Gasteiger partial charge >= 0.3 is 0 Å². The van der Waals surface area contributed by atoms with Gasteiger partial charge in [0.25, 0.3) is 0 Å². The van der Waals surface area contributed by atoms with Gasteiger partial charge in [-0.05, 0) is 32.4 Å². The third-order valence-electron chi connectivity index (χ3n) is 3.49. The van der Waals surface area contributed by atoms with E-state index >= 15 is 0 Å². The lowest BCUT2D eigenvalue weighted by Crippen LogP contribution is -2.40. The number of alkyl halides is 1. The van der Waals surface area contributed by atoms with E-state index in [1.54, 1.807) is 0 Å². The molecule has 16 heavy (non-hydrogen) atoms. The third-order valence-corrected chi connectivity index (χ3v) is 3.77. The third kappa shape index (κ3) is 3.36. The zero-order valence-corrected chi connectivity index (χ0v) is 10.6. The lowest BCUT2D eigenvalue weighted by molar-refractivity contribution is -0.127. The summed E-state index contributed by atoms with van der Waals surface area (Å²) in [5.41, 5.74) is 0. The Balaban J connectivity index is 1.70. The number of hydrogen-bond donors (Lipinski definition) is 0. The highest BCUT2D eigenvalue weighted by Crippen LogP contribution is 2.15. The van der Waals surface area contributed by atoms with Gasteiger partial charge in [0, 0.05) is 26.1 Å². The maximum absolute atomic E-state index is 11.5. The van der Waals surface area contributed by atoms with Crippen molar-refractivity contribution in [1.29, 1.82) is 0 Å². The fourth-order valence-electron chi connectivity index (χ4n) is 2.62. The summed E-state index contributed by atoms with van der Waals surface area (Å²) in [6.07, 6.45) is 5.67. The molecule has 1 atom stereocenters. The summed E-state index contributed by atoms with van der Waals surface area (Å²) in [4.78, 5) is 15.8. The Labute approximate surface area is 103 Å². The summed E-state index contributed by atoms with van der Waals surface area (Å²) >= 11 is 6.32. The SMILES string of the molecule is O=C1CCCN1C[C@H](Cl)CN1CCCCC1. The van der Waals surface area contributed by atoms with Crippen molar-refractivity contribution >= 4 is 17.5 Å². The van der Waals surface area contributed by atoms with Gasteiger partial charge in [-0.15, -0.1) is 11.6 Å². The monoisotopic (exact) mass is 244 g/mol. The zero-order valence-electron chi connectivity index (χ0n) is 9.83. The molecule has 2 saturated heterocycles. The van der Waals surface area contributed by atoms with E-state index in [1.165, 1.54) is 32.4 Å². The Morgan fingerprint density at radius 3 is 2.44 bits per heavy atom. The first-order valence-electron chi connectivity index (χ1n) is 6.40.